The molecule has 0 saturated carbocycles. The minimum atomic E-state index is 0.130. The number of para-hydroxylation sites is 2. The quantitative estimate of drug-likeness (QED) is 0.702. The lowest BCUT2D eigenvalue weighted by atomic mass is 10.00. The Bertz CT molecular complexity index is 668. The topological polar surface area (TPSA) is 33.3 Å². The lowest BCUT2D eigenvalue weighted by Gasteiger charge is -2.19. The maximum atomic E-state index is 5.61. The predicted molar refractivity (Wildman–Crippen MR) is 106 cm³/mol. The van der Waals surface area contributed by atoms with Gasteiger partial charge in [0.25, 0.3) is 0 Å². The first-order valence-corrected chi connectivity index (χ1v) is 8.81. The van der Waals surface area contributed by atoms with Crippen molar-refractivity contribution < 1.29 is 4.74 Å². The van der Waals surface area contributed by atoms with Crippen LogP contribution in [0, 0.1) is 0 Å². The van der Waals surface area contributed by atoms with Crippen molar-refractivity contribution in [1.82, 2.24) is 5.32 Å². The third-order valence-electron chi connectivity index (χ3n) is 3.89. The maximum Gasteiger partial charge on any atom is 0.171 e. The lowest BCUT2D eigenvalue weighted by Crippen LogP contribution is -2.31. The largest absolute Gasteiger partial charge is 0.492 e. The van der Waals surface area contributed by atoms with Crippen LogP contribution in [-0.4, -0.2) is 11.7 Å². The van der Waals surface area contributed by atoms with E-state index in [-0.39, 0.29) is 6.04 Å². The van der Waals surface area contributed by atoms with Crippen LogP contribution in [0.15, 0.2) is 48.5 Å². The summed E-state index contributed by atoms with van der Waals surface area (Å²) in [4.78, 5) is 0. The van der Waals surface area contributed by atoms with Gasteiger partial charge in [-0.25, -0.2) is 0 Å². The number of anilines is 1. The van der Waals surface area contributed by atoms with Gasteiger partial charge in [-0.2, -0.15) is 0 Å². The normalized spacial score (nSPS) is 11.9. The molecule has 4 heteroatoms. The van der Waals surface area contributed by atoms with Crippen LogP contribution in [0.2, 0.25) is 0 Å². The summed E-state index contributed by atoms with van der Waals surface area (Å²) >= 11 is 5.45. The molecule has 2 aromatic carbocycles. The van der Waals surface area contributed by atoms with E-state index in [0.29, 0.717) is 17.6 Å². The fourth-order valence-corrected chi connectivity index (χ4v) is 2.75. The summed E-state index contributed by atoms with van der Waals surface area (Å²) in [5.74, 6) is 1.35. The molecule has 0 amide bonds. The lowest BCUT2D eigenvalue weighted by molar-refractivity contribution is 0.342. The van der Waals surface area contributed by atoms with Crippen LogP contribution in [0.25, 0.3) is 0 Å². The molecule has 2 aromatic rings. The van der Waals surface area contributed by atoms with Crippen molar-refractivity contribution in [1.29, 1.82) is 0 Å². The molecule has 0 aliphatic carbocycles. The average molecular weight is 343 g/mol. The van der Waals surface area contributed by atoms with Crippen molar-refractivity contribution in [2.24, 2.45) is 0 Å². The van der Waals surface area contributed by atoms with Gasteiger partial charge in [-0.1, -0.05) is 50.2 Å². The highest BCUT2D eigenvalue weighted by molar-refractivity contribution is 7.80. The second-order valence-corrected chi connectivity index (χ2v) is 6.48. The molecule has 0 fully saturated rings. The molecule has 0 aliphatic heterocycles. The summed E-state index contributed by atoms with van der Waals surface area (Å²) in [6.45, 7) is 9.09. The zero-order valence-electron chi connectivity index (χ0n) is 14.8. The van der Waals surface area contributed by atoms with Crippen LogP contribution >= 0.6 is 12.2 Å². The number of benzene rings is 2. The van der Waals surface area contributed by atoms with Gasteiger partial charge in [0.1, 0.15) is 5.75 Å². The second-order valence-electron chi connectivity index (χ2n) is 6.07. The van der Waals surface area contributed by atoms with Gasteiger partial charge in [0.2, 0.25) is 0 Å². The number of ether oxygens (including phenoxy) is 1. The van der Waals surface area contributed by atoms with E-state index in [1.54, 1.807) is 0 Å². The van der Waals surface area contributed by atoms with E-state index < -0.39 is 0 Å². The Hall–Kier alpha value is -2.07. The van der Waals surface area contributed by atoms with Crippen molar-refractivity contribution in [3.8, 4) is 5.75 Å². The van der Waals surface area contributed by atoms with Gasteiger partial charge in [0.15, 0.2) is 5.11 Å². The first kappa shape index (κ1) is 18.3. The third kappa shape index (κ3) is 4.96. The minimum absolute atomic E-state index is 0.130. The minimum Gasteiger partial charge on any atom is -0.492 e. The van der Waals surface area contributed by atoms with Gasteiger partial charge in [-0.15, -0.1) is 0 Å². The number of hydrogen-bond acceptors (Lipinski definition) is 2. The number of rotatable bonds is 6. The number of hydrogen-bond donors (Lipinski definition) is 2. The number of thiocarbonyl (C=S) groups is 1. The molecule has 0 aromatic heterocycles. The molecule has 24 heavy (non-hydrogen) atoms. The van der Waals surface area contributed by atoms with E-state index in [0.717, 1.165) is 11.4 Å². The average Bonchev–Trinajstić information content (AvgIpc) is 2.57. The molecule has 0 spiro atoms. The summed E-state index contributed by atoms with van der Waals surface area (Å²) in [6.07, 6.45) is 0. The predicted octanol–water partition coefficient (Wildman–Crippen LogP) is 5.26. The van der Waals surface area contributed by atoms with Gasteiger partial charge in [0.05, 0.1) is 18.3 Å². The molecular weight excluding hydrogens is 316 g/mol. The smallest absolute Gasteiger partial charge is 0.171 e. The monoisotopic (exact) mass is 342 g/mol. The molecule has 0 aliphatic rings. The summed E-state index contributed by atoms with van der Waals surface area (Å²) in [5, 5.41) is 7.13. The van der Waals surface area contributed by atoms with E-state index >= 15 is 0 Å². The van der Waals surface area contributed by atoms with Crippen LogP contribution in [-0.2, 0) is 0 Å². The number of nitrogens with one attached hydrogen (secondary N) is 2. The maximum absolute atomic E-state index is 5.61. The molecule has 0 bridgehead atoms. The highest BCUT2D eigenvalue weighted by atomic mass is 32.1. The Morgan fingerprint density at radius 1 is 1.00 bits per heavy atom. The molecule has 128 valence electrons. The Morgan fingerprint density at radius 2 is 1.62 bits per heavy atom. The first-order chi connectivity index (χ1) is 11.5. The van der Waals surface area contributed by atoms with Crippen molar-refractivity contribution in [3.05, 3.63) is 59.7 Å². The summed E-state index contributed by atoms with van der Waals surface area (Å²) in [5.41, 5.74) is 3.43. The van der Waals surface area contributed by atoms with Gasteiger partial charge < -0.3 is 15.4 Å². The van der Waals surface area contributed by atoms with Crippen molar-refractivity contribution >= 4 is 23.0 Å². The van der Waals surface area contributed by atoms with E-state index in [4.69, 9.17) is 17.0 Å². The highest BCUT2D eigenvalue weighted by Gasteiger charge is 2.10. The molecule has 0 heterocycles. The summed E-state index contributed by atoms with van der Waals surface area (Å²) in [6, 6.07) is 16.6. The Morgan fingerprint density at radius 3 is 2.25 bits per heavy atom. The molecule has 1 atom stereocenters. The van der Waals surface area contributed by atoms with Gasteiger partial charge in [-0.3, -0.25) is 0 Å². The molecule has 3 nitrogen and oxygen atoms in total. The van der Waals surface area contributed by atoms with E-state index in [1.807, 2.05) is 31.2 Å². The molecular formula is C20H26N2OS. The van der Waals surface area contributed by atoms with E-state index in [9.17, 15) is 0 Å². The SMILES string of the molecule is CCOc1ccccc1NC(=S)NC(C)c1ccc(C(C)C)cc1. The van der Waals surface area contributed by atoms with Crippen LogP contribution in [0.5, 0.6) is 5.75 Å². The first-order valence-electron chi connectivity index (χ1n) is 8.40. The zero-order chi connectivity index (χ0) is 17.5. The molecule has 0 radical (unpaired) electrons. The van der Waals surface area contributed by atoms with Gasteiger partial charge in [0, 0.05) is 0 Å². The van der Waals surface area contributed by atoms with E-state index in [1.165, 1.54) is 11.1 Å². The van der Waals surface area contributed by atoms with Crippen molar-refractivity contribution in [3.63, 3.8) is 0 Å². The fraction of sp³-hybridized carbons (Fsp3) is 0.350. The van der Waals surface area contributed by atoms with Crippen LogP contribution in [0.1, 0.15) is 50.8 Å². The standard InChI is InChI=1S/C20H26N2OS/c1-5-23-19-9-7-6-8-18(19)22-20(24)21-15(4)17-12-10-16(11-13-17)14(2)3/h6-15H,5H2,1-4H3,(H2,21,22,24). The van der Waals surface area contributed by atoms with Crippen LogP contribution in [0.3, 0.4) is 0 Å². The van der Waals surface area contributed by atoms with Crippen molar-refractivity contribution in [2.75, 3.05) is 11.9 Å². The van der Waals surface area contributed by atoms with Crippen molar-refractivity contribution in [2.45, 2.75) is 39.7 Å². The Balaban J connectivity index is 1.99. The summed E-state index contributed by atoms with van der Waals surface area (Å²) < 4.78 is 5.61. The van der Waals surface area contributed by atoms with Gasteiger partial charge >= 0.3 is 0 Å². The zero-order valence-corrected chi connectivity index (χ0v) is 15.6. The van der Waals surface area contributed by atoms with Crippen LogP contribution in [0.4, 0.5) is 5.69 Å². The Kier molecular flexibility index (Phi) is 6.62. The van der Waals surface area contributed by atoms with E-state index in [2.05, 4.69) is 55.7 Å². The van der Waals surface area contributed by atoms with Crippen LogP contribution < -0.4 is 15.4 Å². The van der Waals surface area contributed by atoms with Gasteiger partial charge in [-0.05, 0) is 55.2 Å². The molecule has 2 rings (SSSR count). The molecule has 2 N–H and O–H groups in total. The molecule has 0 saturated heterocycles. The Labute approximate surface area is 150 Å². The highest BCUT2D eigenvalue weighted by Crippen LogP contribution is 2.24. The second kappa shape index (κ2) is 8.69. The third-order valence-corrected chi connectivity index (χ3v) is 4.11. The molecule has 1 unspecified atom stereocenters. The fourth-order valence-electron chi connectivity index (χ4n) is 2.46. The summed E-state index contributed by atoms with van der Waals surface area (Å²) in [7, 11) is 0.